The van der Waals surface area contributed by atoms with Gasteiger partial charge in [0, 0.05) is 36.1 Å². The van der Waals surface area contributed by atoms with Gasteiger partial charge < -0.3 is 20.7 Å². The third kappa shape index (κ3) is 3.95. The molecule has 1 aromatic carbocycles. The predicted octanol–water partition coefficient (Wildman–Crippen LogP) is 2.56. The number of nitrogens with one attached hydrogen (secondary N) is 1. The lowest BCUT2D eigenvalue weighted by molar-refractivity contribution is -0.126. The van der Waals surface area contributed by atoms with Gasteiger partial charge in [-0.05, 0) is 43.9 Å². The van der Waals surface area contributed by atoms with Crippen LogP contribution in [0.2, 0.25) is 5.02 Å². The quantitative estimate of drug-likeness (QED) is 0.874. The maximum Gasteiger partial charge on any atom is 0.223 e. The molecule has 132 valence electrons. The summed E-state index contributed by atoms with van der Waals surface area (Å²) in [6.07, 6.45) is 4.79. The number of rotatable bonds is 4. The summed E-state index contributed by atoms with van der Waals surface area (Å²) in [5, 5.41) is 3.90. The summed E-state index contributed by atoms with van der Waals surface area (Å²) in [4.78, 5) is 14.7. The molecule has 24 heavy (non-hydrogen) atoms. The van der Waals surface area contributed by atoms with Gasteiger partial charge in [-0.3, -0.25) is 4.79 Å². The van der Waals surface area contributed by atoms with Crippen molar-refractivity contribution >= 4 is 23.2 Å². The molecule has 1 saturated heterocycles. The fraction of sp³-hybridized carbons (Fsp3) is 0.611. The number of anilines is 1. The molecule has 1 saturated carbocycles. The number of ether oxygens (including phenoxy) is 1. The summed E-state index contributed by atoms with van der Waals surface area (Å²) in [7, 11) is 1.66. The topological polar surface area (TPSA) is 67.6 Å². The van der Waals surface area contributed by atoms with Crippen LogP contribution in [-0.2, 0) is 4.79 Å². The van der Waals surface area contributed by atoms with E-state index in [1.165, 1.54) is 0 Å². The van der Waals surface area contributed by atoms with Crippen molar-refractivity contribution in [1.82, 2.24) is 5.32 Å². The zero-order chi connectivity index (χ0) is 17.1. The van der Waals surface area contributed by atoms with E-state index < -0.39 is 0 Å². The minimum absolute atomic E-state index is 0.0727. The van der Waals surface area contributed by atoms with E-state index in [0.29, 0.717) is 5.02 Å². The van der Waals surface area contributed by atoms with Gasteiger partial charge in [0.15, 0.2) is 0 Å². The lowest BCUT2D eigenvalue weighted by Crippen LogP contribution is -2.43. The molecule has 1 aliphatic carbocycles. The molecule has 6 heteroatoms. The molecule has 1 heterocycles. The average molecular weight is 352 g/mol. The summed E-state index contributed by atoms with van der Waals surface area (Å²) in [5.74, 6) is 1.04. The first-order chi connectivity index (χ1) is 11.6. The van der Waals surface area contributed by atoms with E-state index >= 15 is 0 Å². The molecule has 3 atom stereocenters. The number of methoxy groups -OCH3 is 1. The van der Waals surface area contributed by atoms with Gasteiger partial charge in [-0.25, -0.2) is 0 Å². The molecule has 0 radical (unpaired) electrons. The first-order valence-electron chi connectivity index (χ1n) is 8.71. The fourth-order valence-corrected chi connectivity index (χ4v) is 3.96. The van der Waals surface area contributed by atoms with Gasteiger partial charge in [-0.1, -0.05) is 18.0 Å². The Labute approximate surface area is 148 Å². The second kappa shape index (κ2) is 7.62. The molecular formula is C18H26ClN3O2. The monoisotopic (exact) mass is 351 g/mol. The Hall–Kier alpha value is -1.46. The molecule has 3 N–H and O–H groups in total. The molecule has 0 bridgehead atoms. The number of benzene rings is 1. The highest BCUT2D eigenvalue weighted by atomic mass is 35.5. The van der Waals surface area contributed by atoms with Crippen molar-refractivity contribution in [2.75, 3.05) is 25.1 Å². The standard InChI is InChI=1S/C18H26ClN3O2/c1-24-17-6-5-13(19)10-16(17)22-8-7-15(11-22)21-18(23)12-3-2-4-14(20)9-12/h5-6,10,12,14-15H,2-4,7-9,11,20H2,1H3,(H,21,23). The van der Waals surface area contributed by atoms with Crippen molar-refractivity contribution in [3.63, 3.8) is 0 Å². The average Bonchev–Trinajstić information content (AvgIpc) is 3.03. The molecule has 1 aromatic rings. The summed E-state index contributed by atoms with van der Waals surface area (Å²) in [6, 6.07) is 5.97. The molecule has 2 aliphatic rings. The number of hydrogen-bond donors (Lipinski definition) is 2. The SMILES string of the molecule is COc1ccc(Cl)cc1N1CCC(NC(=O)C2CCCC(N)C2)C1. The van der Waals surface area contributed by atoms with Crippen molar-refractivity contribution in [3.05, 3.63) is 23.2 Å². The van der Waals surface area contributed by atoms with E-state index in [9.17, 15) is 4.79 Å². The van der Waals surface area contributed by atoms with Gasteiger partial charge in [-0.15, -0.1) is 0 Å². The van der Waals surface area contributed by atoms with Crippen LogP contribution in [-0.4, -0.2) is 38.2 Å². The van der Waals surface area contributed by atoms with Crippen molar-refractivity contribution in [3.8, 4) is 5.75 Å². The minimum atomic E-state index is 0.0727. The van der Waals surface area contributed by atoms with Crippen LogP contribution in [0.3, 0.4) is 0 Å². The van der Waals surface area contributed by atoms with Crippen molar-refractivity contribution in [2.24, 2.45) is 11.7 Å². The first-order valence-corrected chi connectivity index (χ1v) is 9.09. The Morgan fingerprint density at radius 3 is 2.96 bits per heavy atom. The minimum Gasteiger partial charge on any atom is -0.495 e. The van der Waals surface area contributed by atoms with Gasteiger partial charge in [0.05, 0.1) is 12.8 Å². The summed E-state index contributed by atoms with van der Waals surface area (Å²) in [6.45, 7) is 1.66. The highest BCUT2D eigenvalue weighted by Crippen LogP contribution is 2.33. The molecule has 5 nitrogen and oxygen atoms in total. The largest absolute Gasteiger partial charge is 0.495 e. The number of amides is 1. The van der Waals surface area contributed by atoms with Crippen LogP contribution in [0.1, 0.15) is 32.1 Å². The van der Waals surface area contributed by atoms with Crippen LogP contribution in [0, 0.1) is 5.92 Å². The predicted molar refractivity (Wildman–Crippen MR) is 96.7 cm³/mol. The lowest BCUT2D eigenvalue weighted by atomic mass is 9.85. The van der Waals surface area contributed by atoms with Crippen molar-refractivity contribution in [2.45, 2.75) is 44.2 Å². The second-order valence-electron chi connectivity index (χ2n) is 6.88. The Balaban J connectivity index is 1.59. The van der Waals surface area contributed by atoms with Crippen molar-refractivity contribution < 1.29 is 9.53 Å². The van der Waals surface area contributed by atoms with Gasteiger partial charge >= 0.3 is 0 Å². The molecule has 2 fully saturated rings. The molecular weight excluding hydrogens is 326 g/mol. The van der Waals surface area contributed by atoms with Gasteiger partial charge in [-0.2, -0.15) is 0 Å². The van der Waals surface area contributed by atoms with Crippen LogP contribution in [0.25, 0.3) is 0 Å². The van der Waals surface area contributed by atoms with E-state index in [0.717, 1.165) is 56.6 Å². The van der Waals surface area contributed by atoms with Gasteiger partial charge in [0.1, 0.15) is 5.75 Å². The van der Waals surface area contributed by atoms with Crippen LogP contribution in [0.5, 0.6) is 5.75 Å². The molecule has 1 aliphatic heterocycles. The normalized spacial score (nSPS) is 27.1. The third-order valence-corrected chi connectivity index (χ3v) is 5.34. The maximum atomic E-state index is 12.5. The smallest absolute Gasteiger partial charge is 0.223 e. The summed E-state index contributed by atoms with van der Waals surface area (Å²) >= 11 is 6.12. The van der Waals surface area contributed by atoms with Crippen LogP contribution in [0.15, 0.2) is 18.2 Å². The number of nitrogens with zero attached hydrogens (tertiary/aromatic N) is 1. The number of nitrogens with two attached hydrogens (primary N) is 1. The van der Waals surface area contributed by atoms with E-state index in [2.05, 4.69) is 10.2 Å². The van der Waals surface area contributed by atoms with Gasteiger partial charge in [0.2, 0.25) is 5.91 Å². The van der Waals surface area contributed by atoms with Gasteiger partial charge in [0.25, 0.3) is 0 Å². The number of halogens is 1. The Morgan fingerprint density at radius 2 is 2.21 bits per heavy atom. The zero-order valence-electron chi connectivity index (χ0n) is 14.1. The van der Waals surface area contributed by atoms with E-state index in [1.807, 2.05) is 18.2 Å². The summed E-state index contributed by atoms with van der Waals surface area (Å²) < 4.78 is 5.43. The van der Waals surface area contributed by atoms with Crippen LogP contribution in [0.4, 0.5) is 5.69 Å². The van der Waals surface area contributed by atoms with Crippen LogP contribution >= 0.6 is 11.6 Å². The van der Waals surface area contributed by atoms with Crippen LogP contribution < -0.4 is 20.7 Å². The lowest BCUT2D eigenvalue weighted by Gasteiger charge is -2.27. The molecule has 0 spiro atoms. The molecule has 3 unspecified atom stereocenters. The van der Waals surface area contributed by atoms with E-state index in [-0.39, 0.29) is 23.9 Å². The third-order valence-electron chi connectivity index (χ3n) is 5.10. The second-order valence-corrected chi connectivity index (χ2v) is 7.32. The Morgan fingerprint density at radius 1 is 1.38 bits per heavy atom. The molecule has 0 aromatic heterocycles. The Bertz CT molecular complexity index is 596. The summed E-state index contributed by atoms with van der Waals surface area (Å²) in [5.41, 5.74) is 6.99. The first kappa shape index (κ1) is 17.4. The number of carbonyl (C=O) groups is 1. The Kier molecular flexibility index (Phi) is 5.51. The highest BCUT2D eigenvalue weighted by molar-refractivity contribution is 6.30. The van der Waals surface area contributed by atoms with Crippen molar-refractivity contribution in [1.29, 1.82) is 0 Å². The number of carbonyl (C=O) groups excluding carboxylic acids is 1. The van der Waals surface area contributed by atoms with E-state index in [4.69, 9.17) is 22.1 Å². The zero-order valence-corrected chi connectivity index (χ0v) is 14.9. The fourth-order valence-electron chi connectivity index (χ4n) is 3.79. The highest BCUT2D eigenvalue weighted by Gasteiger charge is 2.30. The molecule has 3 rings (SSSR count). The maximum absolute atomic E-state index is 12.5. The number of hydrogen-bond acceptors (Lipinski definition) is 4. The molecule has 1 amide bonds. The van der Waals surface area contributed by atoms with E-state index in [1.54, 1.807) is 7.11 Å².